The van der Waals surface area contributed by atoms with Crippen LogP contribution in [-0.4, -0.2) is 5.91 Å². The fourth-order valence-corrected chi connectivity index (χ4v) is 2.69. The number of thiol groups is 1. The lowest BCUT2D eigenvalue weighted by Gasteiger charge is -2.08. The minimum absolute atomic E-state index is 0.125. The van der Waals surface area contributed by atoms with Crippen LogP contribution in [0.3, 0.4) is 0 Å². The number of benzene rings is 2. The maximum atomic E-state index is 12.0. The molecule has 0 aliphatic carbocycles. The molecular weight excluding hydrogens is 390 g/mol. The Morgan fingerprint density at radius 3 is 2.32 bits per heavy atom. The Morgan fingerprint density at radius 2 is 1.68 bits per heavy atom. The van der Waals surface area contributed by atoms with Gasteiger partial charge in [-0.05, 0) is 35.9 Å². The first-order valence-corrected chi connectivity index (χ1v) is 7.61. The number of rotatable bonds is 3. The van der Waals surface area contributed by atoms with E-state index < -0.39 is 0 Å². The molecule has 2 nitrogen and oxygen atoms in total. The van der Waals surface area contributed by atoms with E-state index in [0.29, 0.717) is 17.0 Å². The molecular formula is C14H11Br2NOS. The Hall–Kier alpha value is -0.780. The molecule has 2 aromatic rings. The summed E-state index contributed by atoms with van der Waals surface area (Å²) in [4.78, 5) is 12.7. The van der Waals surface area contributed by atoms with Crippen molar-refractivity contribution in [1.29, 1.82) is 0 Å². The number of amides is 1. The number of nitrogens with one attached hydrogen (secondary N) is 1. The van der Waals surface area contributed by atoms with E-state index in [9.17, 15) is 4.79 Å². The van der Waals surface area contributed by atoms with Gasteiger partial charge in [0.25, 0.3) is 5.91 Å². The first-order valence-electron chi connectivity index (χ1n) is 5.57. The second-order valence-electron chi connectivity index (χ2n) is 3.97. The average Bonchev–Trinajstić information content (AvgIpc) is 2.37. The molecule has 1 amide bonds. The third-order valence-electron chi connectivity index (χ3n) is 2.57. The van der Waals surface area contributed by atoms with E-state index in [1.807, 2.05) is 30.3 Å². The lowest BCUT2D eigenvalue weighted by Crippen LogP contribution is -2.23. The SMILES string of the molecule is O=C(NCc1ccc(Br)cc1)c1ccc(Br)cc1S. The highest BCUT2D eigenvalue weighted by Crippen LogP contribution is 2.20. The number of carbonyl (C=O) groups excluding carboxylic acids is 1. The molecule has 5 heteroatoms. The standard InChI is InChI=1S/C14H11Br2NOS/c15-10-3-1-9(2-4-10)8-17-14(18)12-6-5-11(16)7-13(12)19/h1-7,19H,8H2,(H,17,18). The maximum absolute atomic E-state index is 12.0. The minimum atomic E-state index is -0.125. The quantitative estimate of drug-likeness (QED) is 0.733. The van der Waals surface area contributed by atoms with E-state index in [1.54, 1.807) is 12.1 Å². The molecule has 0 saturated heterocycles. The molecule has 2 rings (SSSR count). The van der Waals surface area contributed by atoms with Crippen molar-refractivity contribution < 1.29 is 4.79 Å². The van der Waals surface area contributed by atoms with E-state index in [1.165, 1.54) is 0 Å². The second kappa shape index (κ2) is 6.59. The van der Waals surface area contributed by atoms with Crippen LogP contribution in [-0.2, 0) is 6.54 Å². The van der Waals surface area contributed by atoms with Gasteiger partial charge in [-0.3, -0.25) is 4.79 Å². The molecule has 19 heavy (non-hydrogen) atoms. The number of carbonyl (C=O) groups is 1. The molecule has 0 atom stereocenters. The molecule has 0 heterocycles. The van der Waals surface area contributed by atoms with Crippen LogP contribution in [0, 0.1) is 0 Å². The van der Waals surface area contributed by atoms with Gasteiger partial charge in [-0.25, -0.2) is 0 Å². The van der Waals surface area contributed by atoms with Crippen molar-refractivity contribution >= 4 is 50.4 Å². The number of halogens is 2. The molecule has 98 valence electrons. The molecule has 0 spiro atoms. The summed E-state index contributed by atoms with van der Waals surface area (Å²) in [7, 11) is 0. The summed E-state index contributed by atoms with van der Waals surface area (Å²) in [6, 6.07) is 13.2. The Labute approximate surface area is 134 Å². The van der Waals surface area contributed by atoms with Gasteiger partial charge in [0.1, 0.15) is 0 Å². The fourth-order valence-electron chi connectivity index (χ4n) is 1.58. The van der Waals surface area contributed by atoms with Crippen LogP contribution in [0.5, 0.6) is 0 Å². The van der Waals surface area contributed by atoms with Gasteiger partial charge >= 0.3 is 0 Å². The van der Waals surface area contributed by atoms with Crippen molar-refractivity contribution in [3.05, 3.63) is 62.5 Å². The molecule has 1 N–H and O–H groups in total. The van der Waals surface area contributed by atoms with Crippen molar-refractivity contribution in [3.63, 3.8) is 0 Å². The summed E-state index contributed by atoms with van der Waals surface area (Å²) in [5, 5.41) is 2.88. The van der Waals surface area contributed by atoms with Gasteiger partial charge < -0.3 is 5.32 Å². The highest BCUT2D eigenvalue weighted by molar-refractivity contribution is 9.10. The predicted molar refractivity (Wildman–Crippen MR) is 86.7 cm³/mol. The van der Waals surface area contributed by atoms with Crippen molar-refractivity contribution in [2.45, 2.75) is 11.4 Å². The second-order valence-corrected chi connectivity index (χ2v) is 6.28. The third-order valence-corrected chi connectivity index (χ3v) is 3.96. The smallest absolute Gasteiger partial charge is 0.252 e. The highest BCUT2D eigenvalue weighted by Gasteiger charge is 2.09. The Balaban J connectivity index is 2.03. The molecule has 0 bridgehead atoms. The molecule has 0 aliphatic heterocycles. The van der Waals surface area contributed by atoms with Gasteiger partial charge in [0.15, 0.2) is 0 Å². The molecule has 0 fully saturated rings. The molecule has 0 radical (unpaired) electrons. The average molecular weight is 401 g/mol. The summed E-state index contributed by atoms with van der Waals surface area (Å²) in [6.45, 7) is 0.495. The molecule has 0 aromatic heterocycles. The van der Waals surface area contributed by atoms with Crippen molar-refractivity contribution in [1.82, 2.24) is 5.32 Å². The largest absolute Gasteiger partial charge is 0.348 e. The van der Waals surface area contributed by atoms with E-state index in [2.05, 4.69) is 49.8 Å². The van der Waals surface area contributed by atoms with Crippen LogP contribution in [0.4, 0.5) is 0 Å². The first kappa shape index (κ1) is 14.6. The Morgan fingerprint density at radius 1 is 1.05 bits per heavy atom. The van der Waals surface area contributed by atoms with Gasteiger partial charge in [0, 0.05) is 20.4 Å². The van der Waals surface area contributed by atoms with Crippen LogP contribution in [0.2, 0.25) is 0 Å². The van der Waals surface area contributed by atoms with E-state index in [4.69, 9.17) is 0 Å². The minimum Gasteiger partial charge on any atom is -0.348 e. The zero-order chi connectivity index (χ0) is 13.8. The predicted octanol–water partition coefficient (Wildman–Crippen LogP) is 4.43. The number of hydrogen-bond donors (Lipinski definition) is 2. The van der Waals surface area contributed by atoms with Crippen LogP contribution in [0.15, 0.2) is 56.3 Å². The van der Waals surface area contributed by atoms with Gasteiger partial charge in [0.05, 0.1) is 5.56 Å². The Kier molecular flexibility index (Phi) is 5.07. The van der Waals surface area contributed by atoms with E-state index >= 15 is 0 Å². The zero-order valence-electron chi connectivity index (χ0n) is 9.86. The van der Waals surface area contributed by atoms with Crippen molar-refractivity contribution in [2.75, 3.05) is 0 Å². The Bertz CT molecular complexity index is 599. The van der Waals surface area contributed by atoms with E-state index in [0.717, 1.165) is 14.5 Å². The highest BCUT2D eigenvalue weighted by atomic mass is 79.9. The van der Waals surface area contributed by atoms with Crippen molar-refractivity contribution in [3.8, 4) is 0 Å². The van der Waals surface area contributed by atoms with Crippen LogP contribution >= 0.6 is 44.5 Å². The lowest BCUT2D eigenvalue weighted by molar-refractivity contribution is 0.0948. The summed E-state index contributed by atoms with van der Waals surface area (Å²) in [5.41, 5.74) is 1.62. The monoisotopic (exact) mass is 399 g/mol. The lowest BCUT2D eigenvalue weighted by atomic mass is 10.2. The fraction of sp³-hybridized carbons (Fsp3) is 0.0714. The normalized spacial score (nSPS) is 10.3. The first-order chi connectivity index (χ1) is 9.06. The van der Waals surface area contributed by atoms with Gasteiger partial charge in [0.2, 0.25) is 0 Å². The maximum Gasteiger partial charge on any atom is 0.252 e. The molecule has 2 aromatic carbocycles. The zero-order valence-corrected chi connectivity index (χ0v) is 13.9. The topological polar surface area (TPSA) is 29.1 Å². The van der Waals surface area contributed by atoms with E-state index in [-0.39, 0.29) is 5.91 Å². The summed E-state index contributed by atoms with van der Waals surface area (Å²) in [5.74, 6) is -0.125. The number of hydrogen-bond acceptors (Lipinski definition) is 2. The summed E-state index contributed by atoms with van der Waals surface area (Å²) < 4.78 is 1.93. The molecule has 0 saturated carbocycles. The summed E-state index contributed by atoms with van der Waals surface area (Å²) >= 11 is 11.0. The molecule has 0 unspecified atom stereocenters. The van der Waals surface area contributed by atoms with Gasteiger partial charge in [-0.1, -0.05) is 44.0 Å². The molecule has 0 aliphatic rings. The van der Waals surface area contributed by atoms with Crippen LogP contribution < -0.4 is 5.32 Å². The van der Waals surface area contributed by atoms with Crippen LogP contribution in [0.1, 0.15) is 15.9 Å². The summed E-state index contributed by atoms with van der Waals surface area (Å²) in [6.07, 6.45) is 0. The van der Waals surface area contributed by atoms with Gasteiger partial charge in [-0.15, -0.1) is 12.6 Å². The van der Waals surface area contributed by atoms with Crippen molar-refractivity contribution in [2.24, 2.45) is 0 Å². The van der Waals surface area contributed by atoms with Crippen LogP contribution in [0.25, 0.3) is 0 Å². The van der Waals surface area contributed by atoms with Gasteiger partial charge in [-0.2, -0.15) is 0 Å². The third kappa shape index (κ3) is 4.09.